The van der Waals surface area contributed by atoms with E-state index in [1.54, 1.807) is 0 Å². The fourth-order valence-corrected chi connectivity index (χ4v) is 5.15. The average Bonchev–Trinajstić information content (AvgIpc) is 3.23. The van der Waals surface area contributed by atoms with E-state index in [1.807, 2.05) is 4.90 Å². The van der Waals surface area contributed by atoms with Crippen LogP contribution in [0.4, 0.5) is 4.39 Å². The van der Waals surface area contributed by atoms with Gasteiger partial charge in [-0.15, -0.1) is 0 Å². The Morgan fingerprint density at radius 3 is 2.25 bits per heavy atom. The van der Waals surface area contributed by atoms with Crippen molar-refractivity contribution in [3.05, 3.63) is 30.1 Å². The van der Waals surface area contributed by atoms with Crippen LogP contribution in [0, 0.1) is 11.7 Å². The number of likely N-dealkylation sites (tertiary alicyclic amines) is 1. The highest BCUT2D eigenvalue weighted by atomic mass is 32.2. The van der Waals surface area contributed by atoms with Crippen molar-refractivity contribution in [3.8, 4) is 0 Å². The molecule has 1 aromatic rings. The van der Waals surface area contributed by atoms with Crippen molar-refractivity contribution in [2.75, 3.05) is 32.7 Å². The Balaban J connectivity index is 1.44. The van der Waals surface area contributed by atoms with E-state index < -0.39 is 15.8 Å². The highest BCUT2D eigenvalue weighted by Gasteiger charge is 2.32. The first kappa shape index (κ1) is 20.7. The van der Waals surface area contributed by atoms with Gasteiger partial charge >= 0.3 is 0 Å². The van der Waals surface area contributed by atoms with Crippen molar-refractivity contribution in [3.63, 3.8) is 0 Å². The lowest BCUT2D eigenvalue weighted by Gasteiger charge is -2.30. The molecule has 2 fully saturated rings. The molecule has 0 atom stereocenters. The zero-order valence-corrected chi connectivity index (χ0v) is 16.6. The summed E-state index contributed by atoms with van der Waals surface area (Å²) in [6.45, 7) is 2.39. The first-order valence-electron chi connectivity index (χ1n) is 9.69. The number of halogens is 1. The van der Waals surface area contributed by atoms with Crippen LogP contribution in [0.25, 0.3) is 0 Å². The molecule has 1 aromatic carbocycles. The molecule has 3 rings (SSSR count). The van der Waals surface area contributed by atoms with Crippen molar-refractivity contribution in [1.29, 1.82) is 0 Å². The van der Waals surface area contributed by atoms with Crippen LogP contribution in [0.5, 0.6) is 0 Å². The van der Waals surface area contributed by atoms with E-state index in [0.29, 0.717) is 25.8 Å². The molecule has 154 valence electrons. The lowest BCUT2D eigenvalue weighted by Crippen LogP contribution is -2.43. The molecule has 2 aliphatic rings. The summed E-state index contributed by atoms with van der Waals surface area (Å²) in [5.74, 6) is -0.815. The van der Waals surface area contributed by atoms with Crippen molar-refractivity contribution in [2.45, 2.75) is 37.0 Å². The number of sulfonamides is 1. The molecule has 0 saturated carbocycles. The summed E-state index contributed by atoms with van der Waals surface area (Å²) >= 11 is 0. The van der Waals surface area contributed by atoms with Gasteiger partial charge in [-0.1, -0.05) is 0 Å². The Hall–Kier alpha value is -2.00. The van der Waals surface area contributed by atoms with Gasteiger partial charge in [-0.25, -0.2) is 12.8 Å². The molecule has 2 aliphatic heterocycles. The zero-order valence-electron chi connectivity index (χ0n) is 15.8. The number of hydrogen-bond acceptors (Lipinski definition) is 4. The number of rotatable bonds is 6. The van der Waals surface area contributed by atoms with E-state index in [1.165, 1.54) is 16.4 Å². The number of carbonyl (C=O) groups excluding carboxylic acids is 2. The quantitative estimate of drug-likeness (QED) is 0.766. The predicted molar refractivity (Wildman–Crippen MR) is 101 cm³/mol. The molecular weight excluding hydrogens is 385 g/mol. The minimum atomic E-state index is -3.68. The summed E-state index contributed by atoms with van der Waals surface area (Å²) in [5, 5.41) is 2.80. The van der Waals surface area contributed by atoms with Crippen LogP contribution in [0.1, 0.15) is 32.1 Å². The van der Waals surface area contributed by atoms with Crippen LogP contribution < -0.4 is 5.32 Å². The fraction of sp³-hybridized carbons (Fsp3) is 0.579. The lowest BCUT2D eigenvalue weighted by atomic mass is 9.97. The van der Waals surface area contributed by atoms with Gasteiger partial charge in [-0.05, 0) is 49.9 Å². The van der Waals surface area contributed by atoms with Crippen LogP contribution in [-0.4, -0.2) is 62.2 Å². The number of nitrogens with one attached hydrogen (secondary N) is 1. The SMILES string of the molecule is O=C(NCCC(=O)N1CCCC1)C1CCN(S(=O)(=O)c2ccc(F)cc2)CC1. The third-order valence-electron chi connectivity index (χ3n) is 5.37. The van der Waals surface area contributed by atoms with Gasteiger partial charge in [-0.2, -0.15) is 4.31 Å². The normalized spacial score (nSPS) is 19.0. The summed E-state index contributed by atoms with van der Waals surface area (Å²) in [4.78, 5) is 26.2. The smallest absolute Gasteiger partial charge is 0.243 e. The van der Waals surface area contributed by atoms with Gasteiger partial charge in [-0.3, -0.25) is 9.59 Å². The van der Waals surface area contributed by atoms with Gasteiger partial charge in [0.05, 0.1) is 4.90 Å². The van der Waals surface area contributed by atoms with E-state index in [2.05, 4.69) is 5.32 Å². The Morgan fingerprint density at radius 1 is 1.04 bits per heavy atom. The summed E-state index contributed by atoms with van der Waals surface area (Å²) in [6, 6.07) is 4.74. The van der Waals surface area contributed by atoms with Gasteiger partial charge < -0.3 is 10.2 Å². The number of hydrogen-bond donors (Lipinski definition) is 1. The van der Waals surface area contributed by atoms with Crippen molar-refractivity contribution >= 4 is 21.8 Å². The number of carbonyl (C=O) groups is 2. The lowest BCUT2D eigenvalue weighted by molar-refractivity contribution is -0.130. The molecule has 28 heavy (non-hydrogen) atoms. The highest BCUT2D eigenvalue weighted by Crippen LogP contribution is 2.24. The summed E-state index contributed by atoms with van der Waals surface area (Å²) in [7, 11) is -3.68. The van der Waals surface area contributed by atoms with Crippen LogP contribution in [-0.2, 0) is 19.6 Å². The van der Waals surface area contributed by atoms with E-state index in [-0.39, 0.29) is 35.7 Å². The van der Waals surface area contributed by atoms with E-state index >= 15 is 0 Å². The first-order valence-corrected chi connectivity index (χ1v) is 11.1. The number of benzene rings is 1. The minimum Gasteiger partial charge on any atom is -0.355 e. The van der Waals surface area contributed by atoms with Gasteiger partial charge in [0.2, 0.25) is 21.8 Å². The van der Waals surface area contributed by atoms with Crippen LogP contribution in [0.3, 0.4) is 0 Å². The molecule has 2 amide bonds. The molecule has 1 N–H and O–H groups in total. The molecule has 2 heterocycles. The maximum Gasteiger partial charge on any atom is 0.243 e. The predicted octanol–water partition coefficient (Wildman–Crippen LogP) is 1.36. The second-order valence-corrected chi connectivity index (χ2v) is 9.20. The molecule has 0 aromatic heterocycles. The molecule has 0 bridgehead atoms. The molecule has 7 nitrogen and oxygen atoms in total. The van der Waals surface area contributed by atoms with Gasteiger partial charge in [0, 0.05) is 45.1 Å². The molecular formula is C19H26FN3O4S. The fourth-order valence-electron chi connectivity index (χ4n) is 3.68. The standard InChI is InChI=1S/C19H26FN3O4S/c20-16-3-5-17(6-4-16)28(26,27)23-13-8-15(9-14-23)19(25)21-10-7-18(24)22-11-1-2-12-22/h3-6,15H,1-2,7-14H2,(H,21,25). The van der Waals surface area contributed by atoms with E-state index in [4.69, 9.17) is 0 Å². The zero-order chi connectivity index (χ0) is 20.1. The van der Waals surface area contributed by atoms with Gasteiger partial charge in [0.25, 0.3) is 0 Å². The largest absolute Gasteiger partial charge is 0.355 e. The minimum absolute atomic E-state index is 0.0530. The van der Waals surface area contributed by atoms with Crippen molar-refractivity contribution in [1.82, 2.24) is 14.5 Å². The second kappa shape index (κ2) is 9.00. The van der Waals surface area contributed by atoms with Gasteiger partial charge in [0.15, 0.2) is 0 Å². The Kier molecular flexibility index (Phi) is 6.66. The maximum absolute atomic E-state index is 13.0. The molecule has 2 saturated heterocycles. The topological polar surface area (TPSA) is 86.8 Å². The summed E-state index contributed by atoms with van der Waals surface area (Å²) in [5.41, 5.74) is 0. The average molecular weight is 411 g/mol. The van der Waals surface area contributed by atoms with E-state index in [0.717, 1.165) is 38.1 Å². The Morgan fingerprint density at radius 2 is 1.64 bits per heavy atom. The molecule has 0 unspecified atom stereocenters. The van der Waals surface area contributed by atoms with Crippen LogP contribution >= 0.6 is 0 Å². The molecule has 9 heteroatoms. The van der Waals surface area contributed by atoms with E-state index in [9.17, 15) is 22.4 Å². The Bertz CT molecular complexity index is 799. The highest BCUT2D eigenvalue weighted by molar-refractivity contribution is 7.89. The number of piperidine rings is 1. The summed E-state index contributed by atoms with van der Waals surface area (Å²) in [6.07, 6.45) is 3.22. The number of nitrogens with zero attached hydrogens (tertiary/aromatic N) is 2. The third kappa shape index (κ3) is 4.88. The molecule has 0 aliphatic carbocycles. The van der Waals surface area contributed by atoms with Crippen molar-refractivity contribution < 1.29 is 22.4 Å². The van der Waals surface area contributed by atoms with Crippen molar-refractivity contribution in [2.24, 2.45) is 5.92 Å². The monoisotopic (exact) mass is 411 g/mol. The second-order valence-electron chi connectivity index (χ2n) is 7.26. The van der Waals surface area contributed by atoms with Crippen LogP contribution in [0.15, 0.2) is 29.2 Å². The molecule has 0 radical (unpaired) electrons. The third-order valence-corrected chi connectivity index (χ3v) is 7.29. The van der Waals surface area contributed by atoms with Crippen LogP contribution in [0.2, 0.25) is 0 Å². The number of amides is 2. The maximum atomic E-state index is 13.0. The Labute approximate surface area is 164 Å². The molecule has 0 spiro atoms. The van der Waals surface area contributed by atoms with Gasteiger partial charge in [0.1, 0.15) is 5.82 Å². The summed E-state index contributed by atoms with van der Waals surface area (Å²) < 4.78 is 39.6. The first-order chi connectivity index (χ1) is 13.4.